The quantitative estimate of drug-likeness (QED) is 0.277. The van der Waals surface area contributed by atoms with Crippen molar-refractivity contribution in [1.82, 2.24) is 14.9 Å². The maximum atomic E-state index is 12.0. The lowest BCUT2D eigenvalue weighted by Crippen LogP contribution is -2.50. The molecular formula is C20H35IN4O4S. The molecule has 0 aliphatic carbocycles. The highest BCUT2D eigenvalue weighted by atomic mass is 127. The summed E-state index contributed by atoms with van der Waals surface area (Å²) in [6.45, 7) is 8.03. The Balaban J connectivity index is 0.00000450. The molecule has 172 valence electrons. The number of piperidine rings is 1. The number of halogens is 1. The average molecular weight is 554 g/mol. The Hall–Kier alpha value is -1.27. The number of aliphatic imine (C=N–C) groups is 1. The van der Waals surface area contributed by atoms with Gasteiger partial charge in [0.25, 0.3) is 0 Å². The molecule has 30 heavy (non-hydrogen) atoms. The van der Waals surface area contributed by atoms with Crippen molar-refractivity contribution in [2.45, 2.75) is 45.8 Å². The first-order valence-electron chi connectivity index (χ1n) is 10.2. The third-order valence-electron chi connectivity index (χ3n) is 4.80. The van der Waals surface area contributed by atoms with E-state index in [-0.39, 0.29) is 41.9 Å². The van der Waals surface area contributed by atoms with Gasteiger partial charge in [0.2, 0.25) is 10.0 Å². The van der Waals surface area contributed by atoms with E-state index >= 15 is 0 Å². The highest BCUT2D eigenvalue weighted by Gasteiger charge is 2.27. The van der Waals surface area contributed by atoms with Crippen molar-refractivity contribution in [1.29, 1.82) is 0 Å². The minimum atomic E-state index is -3.10. The number of rotatable bonds is 9. The zero-order chi connectivity index (χ0) is 21.3. The summed E-state index contributed by atoms with van der Waals surface area (Å²) in [6, 6.07) is 7.68. The van der Waals surface area contributed by atoms with Gasteiger partial charge in [-0.05, 0) is 57.9 Å². The Morgan fingerprint density at radius 2 is 1.80 bits per heavy atom. The van der Waals surface area contributed by atoms with Crippen molar-refractivity contribution in [2.75, 3.05) is 39.0 Å². The van der Waals surface area contributed by atoms with Crippen LogP contribution in [0.4, 0.5) is 0 Å². The Bertz CT molecular complexity index is 751. The lowest BCUT2D eigenvalue weighted by Gasteiger charge is -2.32. The second-order valence-corrected chi connectivity index (χ2v) is 9.30. The lowest BCUT2D eigenvalue weighted by molar-refractivity contribution is 0.229. The minimum absolute atomic E-state index is 0. The van der Waals surface area contributed by atoms with Gasteiger partial charge < -0.3 is 20.1 Å². The van der Waals surface area contributed by atoms with Crippen LogP contribution in [-0.2, 0) is 10.0 Å². The molecule has 1 fully saturated rings. The van der Waals surface area contributed by atoms with Gasteiger partial charge in [-0.15, -0.1) is 24.0 Å². The van der Waals surface area contributed by atoms with Crippen LogP contribution in [0.3, 0.4) is 0 Å². The topological polar surface area (TPSA) is 92.3 Å². The summed E-state index contributed by atoms with van der Waals surface area (Å²) in [4.78, 5) is 4.63. The van der Waals surface area contributed by atoms with Crippen LogP contribution in [0, 0.1) is 0 Å². The van der Waals surface area contributed by atoms with E-state index in [2.05, 4.69) is 15.6 Å². The van der Waals surface area contributed by atoms with Crippen molar-refractivity contribution >= 4 is 40.0 Å². The third kappa shape index (κ3) is 8.46. The second kappa shape index (κ2) is 13.2. The van der Waals surface area contributed by atoms with Crippen molar-refractivity contribution in [3.63, 3.8) is 0 Å². The van der Waals surface area contributed by atoms with E-state index in [1.165, 1.54) is 0 Å². The summed E-state index contributed by atoms with van der Waals surface area (Å²) in [6.07, 6.45) is 1.44. The number of benzene rings is 1. The van der Waals surface area contributed by atoms with Gasteiger partial charge in [-0.2, -0.15) is 0 Å². The molecule has 1 aliphatic rings. The van der Waals surface area contributed by atoms with Crippen LogP contribution in [0.2, 0.25) is 0 Å². The second-order valence-electron chi connectivity index (χ2n) is 7.04. The van der Waals surface area contributed by atoms with Crippen molar-refractivity contribution < 1.29 is 17.9 Å². The molecular weight excluding hydrogens is 519 g/mol. The molecule has 8 nitrogen and oxygen atoms in total. The summed E-state index contributed by atoms with van der Waals surface area (Å²) < 4.78 is 36.6. The monoisotopic (exact) mass is 554 g/mol. The van der Waals surface area contributed by atoms with E-state index in [1.54, 1.807) is 18.3 Å². The van der Waals surface area contributed by atoms with Crippen molar-refractivity contribution in [3.05, 3.63) is 24.3 Å². The van der Waals surface area contributed by atoms with Crippen LogP contribution in [0.1, 0.15) is 33.6 Å². The summed E-state index contributed by atoms with van der Waals surface area (Å²) >= 11 is 0. The smallest absolute Gasteiger partial charge is 0.213 e. The van der Waals surface area contributed by atoms with Crippen molar-refractivity contribution in [3.8, 4) is 11.5 Å². The molecule has 1 atom stereocenters. The maximum absolute atomic E-state index is 12.0. The van der Waals surface area contributed by atoms with Crippen LogP contribution >= 0.6 is 24.0 Å². The van der Waals surface area contributed by atoms with Gasteiger partial charge in [0, 0.05) is 25.7 Å². The molecule has 0 spiro atoms. The predicted molar refractivity (Wildman–Crippen MR) is 132 cm³/mol. The standard InChI is InChI=1S/C20H34N4O4S.HI/c1-5-21-20(23-17-11-13-24(14-12-17)29(25,26)6-2)22-15-16(3)28-19-9-7-18(27-4)8-10-19;/h7-10,16-17H,5-6,11-15H2,1-4H3,(H2,21,22,23);1H. The minimum Gasteiger partial charge on any atom is -0.497 e. The molecule has 1 aromatic carbocycles. The molecule has 0 radical (unpaired) electrons. The average Bonchev–Trinajstić information content (AvgIpc) is 2.73. The molecule has 1 aliphatic heterocycles. The number of sulfonamides is 1. The van der Waals surface area contributed by atoms with Crippen LogP contribution < -0.4 is 20.1 Å². The zero-order valence-corrected chi connectivity index (χ0v) is 21.4. The van der Waals surface area contributed by atoms with Crippen molar-refractivity contribution in [2.24, 2.45) is 4.99 Å². The molecule has 1 heterocycles. The van der Waals surface area contributed by atoms with E-state index in [1.807, 2.05) is 38.1 Å². The molecule has 1 saturated heterocycles. The Morgan fingerprint density at radius 1 is 1.20 bits per heavy atom. The highest BCUT2D eigenvalue weighted by Crippen LogP contribution is 2.18. The Kier molecular flexibility index (Phi) is 11.8. The van der Waals surface area contributed by atoms with Gasteiger partial charge in [0.1, 0.15) is 17.6 Å². The van der Waals surface area contributed by atoms with Gasteiger partial charge in [0.15, 0.2) is 5.96 Å². The van der Waals surface area contributed by atoms with Gasteiger partial charge in [-0.1, -0.05) is 0 Å². The number of hydrogen-bond donors (Lipinski definition) is 2. The highest BCUT2D eigenvalue weighted by molar-refractivity contribution is 14.0. The number of nitrogens with zero attached hydrogens (tertiary/aromatic N) is 2. The Labute approximate surface area is 197 Å². The molecule has 2 rings (SSSR count). The van der Waals surface area contributed by atoms with E-state index < -0.39 is 10.0 Å². The van der Waals surface area contributed by atoms with Crippen LogP contribution in [0.5, 0.6) is 11.5 Å². The number of hydrogen-bond acceptors (Lipinski definition) is 5. The summed E-state index contributed by atoms with van der Waals surface area (Å²) in [5.41, 5.74) is 0. The lowest BCUT2D eigenvalue weighted by atomic mass is 10.1. The molecule has 2 N–H and O–H groups in total. The maximum Gasteiger partial charge on any atom is 0.213 e. The van der Waals surface area contributed by atoms with Gasteiger partial charge in [-0.25, -0.2) is 17.7 Å². The van der Waals surface area contributed by atoms with Crippen LogP contribution in [0.25, 0.3) is 0 Å². The first-order valence-corrected chi connectivity index (χ1v) is 11.8. The van der Waals surface area contributed by atoms with Gasteiger partial charge >= 0.3 is 0 Å². The number of methoxy groups -OCH3 is 1. The predicted octanol–water partition coefficient (Wildman–Crippen LogP) is 2.45. The first kappa shape index (κ1) is 26.8. The fourth-order valence-electron chi connectivity index (χ4n) is 3.12. The van der Waals surface area contributed by atoms with E-state index in [0.717, 1.165) is 36.8 Å². The summed E-state index contributed by atoms with van der Waals surface area (Å²) in [5.74, 6) is 2.45. The number of ether oxygens (including phenoxy) is 2. The third-order valence-corrected chi connectivity index (χ3v) is 6.68. The summed E-state index contributed by atoms with van der Waals surface area (Å²) in [5, 5.41) is 6.68. The summed E-state index contributed by atoms with van der Waals surface area (Å²) in [7, 11) is -1.47. The van der Waals surface area contributed by atoms with E-state index in [9.17, 15) is 8.42 Å². The fourth-order valence-corrected chi connectivity index (χ4v) is 4.25. The normalized spacial score (nSPS) is 17.0. The van der Waals surface area contributed by atoms with Crippen LogP contribution in [0.15, 0.2) is 29.3 Å². The molecule has 0 bridgehead atoms. The molecule has 1 unspecified atom stereocenters. The number of guanidine groups is 1. The van der Waals surface area contributed by atoms with Crippen LogP contribution in [-0.4, -0.2) is 69.9 Å². The molecule has 0 saturated carbocycles. The fraction of sp³-hybridized carbons (Fsp3) is 0.650. The Morgan fingerprint density at radius 3 is 2.33 bits per heavy atom. The van der Waals surface area contributed by atoms with Gasteiger partial charge in [-0.3, -0.25) is 0 Å². The number of nitrogens with one attached hydrogen (secondary N) is 2. The first-order chi connectivity index (χ1) is 13.9. The molecule has 0 aromatic heterocycles. The molecule has 0 amide bonds. The molecule has 10 heteroatoms. The van der Waals surface area contributed by atoms with E-state index in [4.69, 9.17) is 9.47 Å². The van der Waals surface area contributed by atoms with Gasteiger partial charge in [0.05, 0.1) is 19.4 Å². The zero-order valence-electron chi connectivity index (χ0n) is 18.3. The SMILES string of the molecule is CCNC(=NCC(C)Oc1ccc(OC)cc1)NC1CCN(S(=O)(=O)CC)CC1.I. The molecule has 1 aromatic rings. The van der Waals surface area contributed by atoms with E-state index in [0.29, 0.717) is 19.6 Å². The largest absolute Gasteiger partial charge is 0.497 e.